The number of hydrogen-bond acceptors (Lipinski definition) is 5. The molecule has 6 heteroatoms. The first-order valence-electron chi connectivity index (χ1n) is 7.53. The molecule has 6 nitrogen and oxygen atoms in total. The largest absolute Gasteiger partial charge is 0.469 e. The molecule has 0 aromatic heterocycles. The van der Waals surface area contributed by atoms with Crippen LogP contribution in [0.25, 0.3) is 0 Å². The minimum atomic E-state index is -0.490. The van der Waals surface area contributed by atoms with Crippen molar-refractivity contribution in [3.8, 4) is 0 Å². The number of nitrogens with zero attached hydrogens (tertiary/aromatic N) is 1. The van der Waals surface area contributed by atoms with Gasteiger partial charge in [0, 0.05) is 25.6 Å². The molecule has 0 unspecified atom stereocenters. The molecular formula is C15H28N2O4. The van der Waals surface area contributed by atoms with E-state index >= 15 is 0 Å². The van der Waals surface area contributed by atoms with Crippen LogP contribution in [0.5, 0.6) is 0 Å². The number of esters is 1. The average Bonchev–Trinajstić information content (AvgIpc) is 2.56. The Bertz CT molecular complexity index is 365. The summed E-state index contributed by atoms with van der Waals surface area (Å²) in [6.45, 7) is 6.79. The Morgan fingerprint density at radius 3 is 2.43 bits per heavy atom. The van der Waals surface area contributed by atoms with Crippen molar-refractivity contribution in [1.82, 2.24) is 4.90 Å². The van der Waals surface area contributed by atoms with Gasteiger partial charge in [0.2, 0.25) is 0 Å². The molecule has 1 saturated heterocycles. The minimum absolute atomic E-state index is 0.00194. The van der Waals surface area contributed by atoms with Crippen LogP contribution in [0.4, 0.5) is 4.79 Å². The second-order valence-electron chi connectivity index (χ2n) is 6.58. The Morgan fingerprint density at radius 2 is 1.86 bits per heavy atom. The van der Waals surface area contributed by atoms with Gasteiger partial charge in [-0.05, 0) is 46.0 Å². The van der Waals surface area contributed by atoms with E-state index in [2.05, 4.69) is 4.74 Å². The molecule has 21 heavy (non-hydrogen) atoms. The number of likely N-dealkylation sites (tertiary alicyclic amines) is 1. The third kappa shape index (κ3) is 6.33. The zero-order chi connectivity index (χ0) is 16.0. The average molecular weight is 300 g/mol. The van der Waals surface area contributed by atoms with Crippen LogP contribution in [0.2, 0.25) is 0 Å². The minimum Gasteiger partial charge on any atom is -0.469 e. The molecule has 1 aliphatic rings. The Labute approximate surface area is 126 Å². The number of carbonyl (C=O) groups is 2. The van der Waals surface area contributed by atoms with E-state index in [9.17, 15) is 9.59 Å². The standard InChI is InChI=1S/C15H28N2O4/c1-15(2,3)21-14(19)17-9-7-11(12(16)8-10-17)5-6-13(18)20-4/h11-12H,5-10,16H2,1-4H3/t11-,12+/m0/s1. The second kappa shape index (κ2) is 7.64. The van der Waals surface area contributed by atoms with Crippen molar-refractivity contribution >= 4 is 12.1 Å². The summed E-state index contributed by atoms with van der Waals surface area (Å²) in [4.78, 5) is 25.0. The first-order chi connectivity index (χ1) is 9.73. The lowest BCUT2D eigenvalue weighted by Crippen LogP contribution is -2.37. The fourth-order valence-electron chi connectivity index (χ4n) is 2.46. The number of amides is 1. The van der Waals surface area contributed by atoms with Crippen LogP contribution >= 0.6 is 0 Å². The van der Waals surface area contributed by atoms with E-state index in [1.807, 2.05) is 20.8 Å². The summed E-state index contributed by atoms with van der Waals surface area (Å²) in [5.74, 6) is 0.0204. The molecule has 1 rings (SSSR count). The zero-order valence-electron chi connectivity index (χ0n) is 13.6. The van der Waals surface area contributed by atoms with Crippen molar-refractivity contribution in [1.29, 1.82) is 0 Å². The van der Waals surface area contributed by atoms with Crippen molar-refractivity contribution in [2.24, 2.45) is 11.7 Å². The van der Waals surface area contributed by atoms with Crippen LogP contribution < -0.4 is 5.73 Å². The number of rotatable bonds is 3. The molecule has 0 spiro atoms. The van der Waals surface area contributed by atoms with Gasteiger partial charge in [-0.2, -0.15) is 0 Å². The van der Waals surface area contributed by atoms with E-state index in [1.54, 1.807) is 4.90 Å². The summed E-state index contributed by atoms with van der Waals surface area (Å²) in [6, 6.07) is 0.00194. The quantitative estimate of drug-likeness (QED) is 0.805. The van der Waals surface area contributed by atoms with Gasteiger partial charge in [-0.15, -0.1) is 0 Å². The lowest BCUT2D eigenvalue weighted by Gasteiger charge is -2.26. The van der Waals surface area contributed by atoms with Crippen LogP contribution in [0.1, 0.15) is 46.5 Å². The van der Waals surface area contributed by atoms with Gasteiger partial charge in [-0.25, -0.2) is 4.79 Å². The Balaban J connectivity index is 2.51. The van der Waals surface area contributed by atoms with Gasteiger partial charge in [0.1, 0.15) is 5.60 Å². The highest BCUT2D eigenvalue weighted by atomic mass is 16.6. The maximum atomic E-state index is 12.1. The summed E-state index contributed by atoms with van der Waals surface area (Å²) in [5.41, 5.74) is 5.68. The molecule has 0 aliphatic carbocycles. The molecule has 0 aromatic carbocycles. The molecule has 122 valence electrons. The predicted molar refractivity (Wildman–Crippen MR) is 79.8 cm³/mol. The lowest BCUT2D eigenvalue weighted by molar-refractivity contribution is -0.141. The molecular weight excluding hydrogens is 272 g/mol. The van der Waals surface area contributed by atoms with E-state index in [0.717, 1.165) is 12.8 Å². The molecule has 0 aromatic rings. The van der Waals surface area contributed by atoms with Crippen molar-refractivity contribution in [3.63, 3.8) is 0 Å². The summed E-state index contributed by atoms with van der Waals surface area (Å²) < 4.78 is 10.0. The smallest absolute Gasteiger partial charge is 0.410 e. The summed E-state index contributed by atoms with van der Waals surface area (Å²) in [6.07, 6.45) is 2.31. The molecule has 1 fully saturated rings. The van der Waals surface area contributed by atoms with Gasteiger partial charge in [0.15, 0.2) is 0 Å². The number of carbonyl (C=O) groups excluding carboxylic acids is 2. The van der Waals surface area contributed by atoms with Crippen LogP contribution in [0.3, 0.4) is 0 Å². The maximum Gasteiger partial charge on any atom is 0.410 e. The Morgan fingerprint density at radius 1 is 1.24 bits per heavy atom. The lowest BCUT2D eigenvalue weighted by atomic mass is 9.91. The van der Waals surface area contributed by atoms with E-state index in [0.29, 0.717) is 25.9 Å². The third-order valence-corrected chi connectivity index (χ3v) is 3.71. The highest BCUT2D eigenvalue weighted by Crippen LogP contribution is 2.23. The molecule has 1 amide bonds. The van der Waals surface area contributed by atoms with Crippen LogP contribution in [0, 0.1) is 5.92 Å². The summed E-state index contributed by atoms with van der Waals surface area (Å²) >= 11 is 0. The predicted octanol–water partition coefficient (Wildman–Crippen LogP) is 1.91. The van der Waals surface area contributed by atoms with Crippen molar-refractivity contribution in [3.05, 3.63) is 0 Å². The first-order valence-corrected chi connectivity index (χ1v) is 7.53. The molecule has 0 bridgehead atoms. The van der Waals surface area contributed by atoms with Gasteiger partial charge in [0.25, 0.3) is 0 Å². The van der Waals surface area contributed by atoms with Crippen LogP contribution in [0.15, 0.2) is 0 Å². The summed E-state index contributed by atoms with van der Waals surface area (Å²) in [5, 5.41) is 0. The zero-order valence-corrected chi connectivity index (χ0v) is 13.6. The molecule has 2 N–H and O–H groups in total. The van der Waals surface area contributed by atoms with E-state index in [-0.39, 0.29) is 24.0 Å². The van der Waals surface area contributed by atoms with E-state index in [4.69, 9.17) is 10.5 Å². The number of nitrogens with two attached hydrogens (primary N) is 1. The topological polar surface area (TPSA) is 81.9 Å². The molecule has 0 saturated carbocycles. The fraction of sp³-hybridized carbons (Fsp3) is 0.867. The number of methoxy groups -OCH3 is 1. The van der Waals surface area contributed by atoms with Gasteiger partial charge in [-0.3, -0.25) is 4.79 Å². The van der Waals surface area contributed by atoms with Crippen molar-refractivity contribution < 1.29 is 19.1 Å². The van der Waals surface area contributed by atoms with Crippen molar-refractivity contribution in [2.75, 3.05) is 20.2 Å². The molecule has 1 aliphatic heterocycles. The highest BCUT2D eigenvalue weighted by molar-refractivity contribution is 5.69. The first kappa shape index (κ1) is 17.8. The molecule has 1 heterocycles. The number of ether oxygens (including phenoxy) is 2. The van der Waals surface area contributed by atoms with Gasteiger partial charge < -0.3 is 20.1 Å². The highest BCUT2D eigenvalue weighted by Gasteiger charge is 2.28. The van der Waals surface area contributed by atoms with Crippen molar-refractivity contribution in [2.45, 2.75) is 58.1 Å². The van der Waals surface area contributed by atoms with Crippen LogP contribution in [-0.2, 0) is 14.3 Å². The van der Waals surface area contributed by atoms with E-state index in [1.165, 1.54) is 7.11 Å². The van der Waals surface area contributed by atoms with Gasteiger partial charge >= 0.3 is 12.1 Å². The molecule has 0 radical (unpaired) electrons. The third-order valence-electron chi connectivity index (χ3n) is 3.71. The molecule has 2 atom stereocenters. The fourth-order valence-corrected chi connectivity index (χ4v) is 2.46. The van der Waals surface area contributed by atoms with Crippen LogP contribution in [-0.4, -0.2) is 48.8 Å². The monoisotopic (exact) mass is 300 g/mol. The van der Waals surface area contributed by atoms with Gasteiger partial charge in [-0.1, -0.05) is 0 Å². The Hall–Kier alpha value is -1.30. The van der Waals surface area contributed by atoms with E-state index < -0.39 is 5.60 Å². The van der Waals surface area contributed by atoms with Gasteiger partial charge in [0.05, 0.1) is 7.11 Å². The Kier molecular flexibility index (Phi) is 6.45. The second-order valence-corrected chi connectivity index (χ2v) is 6.58. The number of hydrogen-bond donors (Lipinski definition) is 1. The SMILES string of the molecule is COC(=O)CC[C@H]1CCN(C(=O)OC(C)(C)C)CC[C@H]1N. The normalized spacial score (nSPS) is 23.4. The maximum absolute atomic E-state index is 12.1. The summed E-state index contributed by atoms with van der Waals surface area (Å²) in [7, 11) is 1.39.